The third kappa shape index (κ3) is 3.38. The lowest BCUT2D eigenvalue weighted by Crippen LogP contribution is -2.40. The lowest BCUT2D eigenvalue weighted by molar-refractivity contribution is -0.120. The van der Waals surface area contributed by atoms with Gasteiger partial charge in [-0.05, 0) is 44.0 Å². The van der Waals surface area contributed by atoms with Crippen LogP contribution >= 0.6 is 11.6 Å². The Bertz CT molecular complexity index is 412. The molecule has 1 fully saturated rings. The molecule has 0 saturated carbocycles. The maximum absolute atomic E-state index is 12.0. The highest BCUT2D eigenvalue weighted by atomic mass is 35.5. The molecule has 1 amide bonds. The van der Waals surface area contributed by atoms with Crippen LogP contribution in [0.15, 0.2) is 12.3 Å². The van der Waals surface area contributed by atoms with Crippen molar-refractivity contribution in [3.63, 3.8) is 0 Å². The highest BCUT2D eigenvalue weighted by Crippen LogP contribution is 2.18. The summed E-state index contributed by atoms with van der Waals surface area (Å²) in [6, 6.07) is 2.02. The van der Waals surface area contributed by atoms with Crippen LogP contribution in [0, 0.1) is 5.92 Å². The van der Waals surface area contributed by atoms with E-state index in [1.165, 1.54) is 6.20 Å². The number of carbonyl (C=O) groups is 1. The van der Waals surface area contributed by atoms with E-state index in [9.17, 15) is 4.79 Å². The largest absolute Gasteiger partial charge is 0.314 e. The lowest BCUT2D eigenvalue weighted by Gasteiger charge is -2.26. The molecule has 5 nitrogen and oxygen atoms in total. The Morgan fingerprint density at radius 2 is 2.47 bits per heavy atom. The Morgan fingerprint density at radius 1 is 1.65 bits per heavy atom. The van der Waals surface area contributed by atoms with Gasteiger partial charge in [-0.1, -0.05) is 0 Å². The Labute approximate surface area is 105 Å². The monoisotopic (exact) mass is 254 g/mol. The van der Waals surface area contributed by atoms with E-state index in [2.05, 4.69) is 27.5 Å². The number of anilines is 1. The van der Waals surface area contributed by atoms with Crippen molar-refractivity contribution in [2.75, 3.05) is 11.9 Å². The number of hydrogen-bond acceptors (Lipinski definition) is 4. The summed E-state index contributed by atoms with van der Waals surface area (Å²) in [5.74, 6) is 0.509. The third-order valence-corrected chi connectivity index (χ3v) is 3.05. The van der Waals surface area contributed by atoms with Gasteiger partial charge >= 0.3 is 0 Å². The molecule has 2 unspecified atom stereocenters. The van der Waals surface area contributed by atoms with Crippen LogP contribution in [0.2, 0.25) is 5.28 Å². The number of carbonyl (C=O) groups excluding carboxylic acids is 1. The van der Waals surface area contributed by atoms with Gasteiger partial charge < -0.3 is 10.6 Å². The molecule has 0 radical (unpaired) electrons. The fraction of sp³-hybridized carbons (Fsp3) is 0.545. The van der Waals surface area contributed by atoms with E-state index >= 15 is 0 Å². The Kier molecular flexibility index (Phi) is 3.91. The molecule has 0 aromatic carbocycles. The van der Waals surface area contributed by atoms with Crippen LogP contribution in [0.3, 0.4) is 0 Å². The van der Waals surface area contributed by atoms with Crippen molar-refractivity contribution in [3.8, 4) is 0 Å². The van der Waals surface area contributed by atoms with Gasteiger partial charge in [0.2, 0.25) is 11.2 Å². The number of hydrogen-bond donors (Lipinski definition) is 2. The van der Waals surface area contributed by atoms with Gasteiger partial charge in [0.25, 0.3) is 0 Å². The van der Waals surface area contributed by atoms with E-state index in [1.54, 1.807) is 6.07 Å². The molecule has 0 aliphatic carbocycles. The number of amides is 1. The van der Waals surface area contributed by atoms with Gasteiger partial charge in [0, 0.05) is 18.2 Å². The molecule has 2 atom stereocenters. The quantitative estimate of drug-likeness (QED) is 0.784. The number of nitrogens with zero attached hydrogens (tertiary/aromatic N) is 2. The molecule has 1 aliphatic heterocycles. The predicted octanol–water partition coefficient (Wildman–Crippen LogP) is 1.46. The average molecular weight is 255 g/mol. The molecule has 1 aromatic heterocycles. The fourth-order valence-electron chi connectivity index (χ4n) is 2.00. The number of nitrogens with one attached hydrogen (secondary N) is 2. The SMILES string of the molecule is CC1CC(C(=O)Nc2ccnc(Cl)n2)CCN1. The number of halogens is 1. The zero-order valence-corrected chi connectivity index (χ0v) is 10.4. The van der Waals surface area contributed by atoms with Crippen molar-refractivity contribution < 1.29 is 4.79 Å². The van der Waals surface area contributed by atoms with Crippen LogP contribution in [0.4, 0.5) is 5.82 Å². The van der Waals surface area contributed by atoms with Crippen LogP contribution in [-0.4, -0.2) is 28.5 Å². The molecule has 1 aromatic rings. The summed E-state index contributed by atoms with van der Waals surface area (Å²) < 4.78 is 0. The summed E-state index contributed by atoms with van der Waals surface area (Å²) in [5.41, 5.74) is 0. The first-order chi connectivity index (χ1) is 8.15. The summed E-state index contributed by atoms with van der Waals surface area (Å²) in [6.07, 6.45) is 3.23. The minimum absolute atomic E-state index is 0.00752. The summed E-state index contributed by atoms with van der Waals surface area (Å²) in [6.45, 7) is 2.96. The van der Waals surface area contributed by atoms with Gasteiger partial charge in [0.05, 0.1) is 0 Å². The number of rotatable bonds is 2. The van der Waals surface area contributed by atoms with Gasteiger partial charge in [-0.25, -0.2) is 9.97 Å². The summed E-state index contributed by atoms with van der Waals surface area (Å²) in [7, 11) is 0. The van der Waals surface area contributed by atoms with Gasteiger partial charge in [-0.15, -0.1) is 0 Å². The Morgan fingerprint density at radius 3 is 3.18 bits per heavy atom. The van der Waals surface area contributed by atoms with E-state index in [1.807, 2.05) is 0 Å². The van der Waals surface area contributed by atoms with Crippen LogP contribution in [-0.2, 0) is 4.79 Å². The van der Waals surface area contributed by atoms with Crippen LogP contribution in [0.25, 0.3) is 0 Å². The molecule has 6 heteroatoms. The zero-order chi connectivity index (χ0) is 12.3. The van der Waals surface area contributed by atoms with E-state index in [-0.39, 0.29) is 17.1 Å². The normalized spacial score (nSPS) is 24.4. The second-order valence-electron chi connectivity index (χ2n) is 4.28. The first-order valence-corrected chi connectivity index (χ1v) is 6.06. The molecule has 0 bridgehead atoms. The molecule has 1 saturated heterocycles. The molecule has 1 aliphatic rings. The standard InChI is InChI=1S/C11H15ClN4O/c1-7-6-8(2-4-13-7)10(17)15-9-3-5-14-11(12)16-9/h3,5,7-8,13H,2,4,6H2,1H3,(H,14,15,16,17). The van der Waals surface area contributed by atoms with Gasteiger partial charge in [0.15, 0.2) is 0 Å². The van der Waals surface area contributed by atoms with Crippen LogP contribution in [0.1, 0.15) is 19.8 Å². The maximum Gasteiger partial charge on any atom is 0.228 e. The predicted molar refractivity (Wildman–Crippen MR) is 65.9 cm³/mol. The van der Waals surface area contributed by atoms with E-state index in [4.69, 9.17) is 11.6 Å². The second-order valence-corrected chi connectivity index (χ2v) is 4.61. The molecular weight excluding hydrogens is 240 g/mol. The highest BCUT2D eigenvalue weighted by Gasteiger charge is 2.24. The second kappa shape index (κ2) is 5.42. The minimum Gasteiger partial charge on any atom is -0.314 e. The van der Waals surface area contributed by atoms with E-state index in [0.717, 1.165) is 19.4 Å². The van der Waals surface area contributed by atoms with Crippen molar-refractivity contribution in [1.82, 2.24) is 15.3 Å². The van der Waals surface area contributed by atoms with Crippen molar-refractivity contribution in [1.29, 1.82) is 0 Å². The number of aromatic nitrogens is 2. The number of piperidine rings is 1. The molecule has 2 N–H and O–H groups in total. The first kappa shape index (κ1) is 12.3. The van der Waals surface area contributed by atoms with Gasteiger partial charge in [-0.2, -0.15) is 0 Å². The summed E-state index contributed by atoms with van der Waals surface area (Å²) >= 11 is 5.65. The fourth-order valence-corrected chi connectivity index (χ4v) is 2.15. The molecule has 2 rings (SSSR count). The van der Waals surface area contributed by atoms with Crippen molar-refractivity contribution in [2.45, 2.75) is 25.8 Å². The summed E-state index contributed by atoms with van der Waals surface area (Å²) in [4.78, 5) is 19.7. The molecule has 17 heavy (non-hydrogen) atoms. The smallest absolute Gasteiger partial charge is 0.228 e. The van der Waals surface area contributed by atoms with E-state index in [0.29, 0.717) is 11.9 Å². The van der Waals surface area contributed by atoms with Crippen LogP contribution in [0.5, 0.6) is 0 Å². The third-order valence-electron chi connectivity index (χ3n) is 2.87. The molecule has 92 valence electrons. The molecular formula is C11H15ClN4O. The Hall–Kier alpha value is -1.20. The maximum atomic E-state index is 12.0. The van der Waals surface area contributed by atoms with E-state index < -0.39 is 0 Å². The van der Waals surface area contributed by atoms with Gasteiger partial charge in [0.1, 0.15) is 5.82 Å². The van der Waals surface area contributed by atoms with Gasteiger partial charge in [-0.3, -0.25) is 4.79 Å². The lowest BCUT2D eigenvalue weighted by atomic mass is 9.92. The topological polar surface area (TPSA) is 66.9 Å². The molecule has 2 heterocycles. The first-order valence-electron chi connectivity index (χ1n) is 5.68. The average Bonchev–Trinajstić information content (AvgIpc) is 2.29. The summed E-state index contributed by atoms with van der Waals surface area (Å²) in [5, 5.41) is 6.22. The van der Waals surface area contributed by atoms with Crippen molar-refractivity contribution >= 4 is 23.3 Å². The highest BCUT2D eigenvalue weighted by molar-refractivity contribution is 6.28. The molecule has 0 spiro atoms. The minimum atomic E-state index is 0.00752. The Balaban J connectivity index is 1.96. The van der Waals surface area contributed by atoms with Crippen molar-refractivity contribution in [2.24, 2.45) is 5.92 Å². The zero-order valence-electron chi connectivity index (χ0n) is 9.61. The van der Waals surface area contributed by atoms with Crippen LogP contribution < -0.4 is 10.6 Å². The van der Waals surface area contributed by atoms with Crippen molar-refractivity contribution in [3.05, 3.63) is 17.5 Å².